The predicted octanol–water partition coefficient (Wildman–Crippen LogP) is 2.12. The molecule has 1 amide bonds. The second kappa shape index (κ2) is 6.48. The quantitative estimate of drug-likeness (QED) is 0.870. The lowest BCUT2D eigenvalue weighted by atomic mass is 9.98. The summed E-state index contributed by atoms with van der Waals surface area (Å²) >= 11 is 1.59. The van der Waals surface area contributed by atoms with Gasteiger partial charge in [0.2, 0.25) is 5.91 Å². The Morgan fingerprint density at radius 2 is 2.11 bits per heavy atom. The van der Waals surface area contributed by atoms with Gasteiger partial charge in [0.15, 0.2) is 0 Å². The largest absolute Gasteiger partial charge is 0.391 e. The number of aromatic nitrogens is 1. The summed E-state index contributed by atoms with van der Waals surface area (Å²) in [5, 5.41) is 15.3. The van der Waals surface area contributed by atoms with E-state index in [1.54, 1.807) is 11.3 Å². The summed E-state index contributed by atoms with van der Waals surface area (Å²) in [7, 11) is 0. The summed E-state index contributed by atoms with van der Waals surface area (Å²) in [5.41, 5.74) is 0.819. The summed E-state index contributed by atoms with van der Waals surface area (Å²) in [5.74, 6) is 0.0533. The van der Waals surface area contributed by atoms with Crippen LogP contribution >= 0.6 is 11.3 Å². The van der Waals surface area contributed by atoms with Crippen LogP contribution in [0.1, 0.15) is 45.3 Å². The molecular weight excluding hydrogens is 260 g/mol. The second-order valence-electron chi connectivity index (χ2n) is 6.19. The van der Waals surface area contributed by atoms with Gasteiger partial charge in [0.1, 0.15) is 0 Å². The third-order valence-corrected chi connectivity index (χ3v) is 4.13. The fourth-order valence-electron chi connectivity index (χ4n) is 1.41. The standard InChI is InChI=1S/C14H24N2O2S/c1-9(2)11(17)7-15-12(18)6-10-8-19-13(16-10)14(3,4)5/h8-9,11,17H,6-7H2,1-5H3,(H,15,18). The molecular formula is C14H24N2O2S. The van der Waals surface area contributed by atoms with E-state index in [0.29, 0.717) is 6.54 Å². The molecule has 0 fully saturated rings. The van der Waals surface area contributed by atoms with Crippen molar-refractivity contribution in [3.8, 4) is 0 Å². The Kier molecular flexibility index (Phi) is 5.50. The van der Waals surface area contributed by atoms with Crippen molar-refractivity contribution in [1.29, 1.82) is 0 Å². The minimum absolute atomic E-state index is 0.0211. The zero-order valence-electron chi connectivity index (χ0n) is 12.4. The van der Waals surface area contributed by atoms with Gasteiger partial charge in [-0.1, -0.05) is 34.6 Å². The van der Waals surface area contributed by atoms with Crippen LogP contribution in [-0.2, 0) is 16.6 Å². The highest BCUT2D eigenvalue weighted by Gasteiger charge is 2.19. The number of amides is 1. The molecule has 1 heterocycles. The number of nitrogens with one attached hydrogen (secondary N) is 1. The van der Waals surface area contributed by atoms with E-state index >= 15 is 0 Å². The lowest BCUT2D eigenvalue weighted by Gasteiger charge is -2.15. The van der Waals surface area contributed by atoms with Gasteiger partial charge >= 0.3 is 0 Å². The summed E-state index contributed by atoms with van der Waals surface area (Å²) in [6, 6.07) is 0. The molecule has 4 nitrogen and oxygen atoms in total. The molecule has 0 bridgehead atoms. The number of aliphatic hydroxyl groups is 1. The number of carbonyl (C=O) groups is 1. The lowest BCUT2D eigenvalue weighted by molar-refractivity contribution is -0.121. The minimum Gasteiger partial charge on any atom is -0.391 e. The smallest absolute Gasteiger partial charge is 0.226 e. The van der Waals surface area contributed by atoms with Crippen molar-refractivity contribution in [2.45, 2.75) is 52.6 Å². The highest BCUT2D eigenvalue weighted by atomic mass is 32.1. The van der Waals surface area contributed by atoms with Gasteiger partial charge in [0, 0.05) is 17.3 Å². The molecule has 1 unspecified atom stereocenters. The van der Waals surface area contributed by atoms with Crippen LogP contribution in [0.3, 0.4) is 0 Å². The zero-order chi connectivity index (χ0) is 14.6. The molecule has 1 aromatic heterocycles. The molecule has 108 valence electrons. The van der Waals surface area contributed by atoms with Crippen molar-refractivity contribution in [1.82, 2.24) is 10.3 Å². The molecule has 5 heteroatoms. The van der Waals surface area contributed by atoms with Gasteiger partial charge in [-0.15, -0.1) is 11.3 Å². The number of nitrogens with zero attached hydrogens (tertiary/aromatic N) is 1. The van der Waals surface area contributed by atoms with Gasteiger partial charge in [0.25, 0.3) is 0 Å². The molecule has 0 saturated heterocycles. The average Bonchev–Trinajstić information content (AvgIpc) is 2.73. The van der Waals surface area contributed by atoms with Crippen LogP contribution in [-0.4, -0.2) is 28.6 Å². The number of hydrogen-bond donors (Lipinski definition) is 2. The maximum atomic E-state index is 11.7. The third-order valence-electron chi connectivity index (χ3n) is 2.81. The van der Waals surface area contributed by atoms with Crippen LogP contribution in [0, 0.1) is 5.92 Å². The molecule has 0 aliphatic heterocycles. The van der Waals surface area contributed by atoms with Crippen LogP contribution in [0.5, 0.6) is 0 Å². The average molecular weight is 284 g/mol. The van der Waals surface area contributed by atoms with E-state index in [9.17, 15) is 9.90 Å². The van der Waals surface area contributed by atoms with Crippen molar-refractivity contribution in [3.63, 3.8) is 0 Å². The molecule has 2 N–H and O–H groups in total. The van der Waals surface area contributed by atoms with Gasteiger partial charge in [0.05, 0.1) is 23.2 Å². The molecule has 0 aromatic carbocycles. The number of carbonyl (C=O) groups excluding carboxylic acids is 1. The van der Waals surface area contributed by atoms with E-state index in [-0.39, 0.29) is 23.7 Å². The number of hydrogen-bond acceptors (Lipinski definition) is 4. The van der Waals surface area contributed by atoms with E-state index in [1.807, 2.05) is 19.2 Å². The molecule has 1 atom stereocenters. The first-order valence-corrected chi connectivity index (χ1v) is 7.47. The normalized spacial score (nSPS) is 13.6. The summed E-state index contributed by atoms with van der Waals surface area (Å²) in [4.78, 5) is 16.2. The monoisotopic (exact) mass is 284 g/mol. The fraction of sp³-hybridized carbons (Fsp3) is 0.714. The predicted molar refractivity (Wildman–Crippen MR) is 78.4 cm³/mol. The Morgan fingerprint density at radius 3 is 2.58 bits per heavy atom. The Hall–Kier alpha value is -0.940. The van der Waals surface area contributed by atoms with Crippen LogP contribution in [0.25, 0.3) is 0 Å². The van der Waals surface area contributed by atoms with Crippen molar-refractivity contribution in [3.05, 3.63) is 16.1 Å². The molecule has 0 aliphatic carbocycles. The topological polar surface area (TPSA) is 62.2 Å². The van der Waals surface area contributed by atoms with Crippen molar-refractivity contribution in [2.75, 3.05) is 6.54 Å². The Morgan fingerprint density at radius 1 is 1.47 bits per heavy atom. The Balaban J connectivity index is 2.47. The molecule has 1 rings (SSSR count). The fourth-order valence-corrected chi connectivity index (χ4v) is 2.32. The van der Waals surface area contributed by atoms with Crippen LogP contribution < -0.4 is 5.32 Å². The van der Waals surface area contributed by atoms with E-state index in [1.165, 1.54) is 0 Å². The first-order valence-electron chi connectivity index (χ1n) is 6.59. The molecule has 0 saturated carbocycles. The van der Waals surface area contributed by atoms with E-state index in [0.717, 1.165) is 10.7 Å². The number of thiazole rings is 1. The first kappa shape index (κ1) is 16.1. The Labute approximate surface area is 119 Å². The summed E-state index contributed by atoms with van der Waals surface area (Å²) in [6.07, 6.45) is -0.221. The number of aliphatic hydroxyl groups excluding tert-OH is 1. The van der Waals surface area contributed by atoms with E-state index in [4.69, 9.17) is 0 Å². The second-order valence-corrected chi connectivity index (χ2v) is 7.04. The molecule has 0 aliphatic rings. The minimum atomic E-state index is -0.496. The molecule has 1 aromatic rings. The molecule has 0 spiro atoms. The van der Waals surface area contributed by atoms with Crippen LogP contribution in [0.4, 0.5) is 0 Å². The Bertz CT molecular complexity index is 421. The van der Waals surface area contributed by atoms with Gasteiger partial charge in [-0.2, -0.15) is 0 Å². The van der Waals surface area contributed by atoms with Gasteiger partial charge in [-0.05, 0) is 5.92 Å². The zero-order valence-corrected chi connectivity index (χ0v) is 13.2. The highest BCUT2D eigenvalue weighted by Crippen LogP contribution is 2.25. The van der Waals surface area contributed by atoms with Crippen molar-refractivity contribution < 1.29 is 9.90 Å². The van der Waals surface area contributed by atoms with E-state index < -0.39 is 6.10 Å². The maximum Gasteiger partial charge on any atom is 0.226 e. The van der Waals surface area contributed by atoms with Gasteiger partial charge in [-0.25, -0.2) is 4.98 Å². The summed E-state index contributed by atoms with van der Waals surface area (Å²) < 4.78 is 0. The number of rotatable bonds is 5. The van der Waals surface area contributed by atoms with Gasteiger partial charge in [-0.3, -0.25) is 4.79 Å². The first-order chi connectivity index (χ1) is 8.70. The maximum absolute atomic E-state index is 11.7. The SMILES string of the molecule is CC(C)C(O)CNC(=O)Cc1csc(C(C)(C)C)n1. The van der Waals surface area contributed by atoms with E-state index in [2.05, 4.69) is 31.1 Å². The molecule has 0 radical (unpaired) electrons. The highest BCUT2D eigenvalue weighted by molar-refractivity contribution is 7.09. The van der Waals surface area contributed by atoms with Crippen molar-refractivity contribution in [2.24, 2.45) is 5.92 Å². The van der Waals surface area contributed by atoms with Crippen molar-refractivity contribution >= 4 is 17.2 Å². The lowest BCUT2D eigenvalue weighted by Crippen LogP contribution is -2.35. The van der Waals surface area contributed by atoms with Crippen LogP contribution in [0.2, 0.25) is 0 Å². The molecule has 19 heavy (non-hydrogen) atoms. The summed E-state index contributed by atoms with van der Waals surface area (Å²) in [6.45, 7) is 10.5. The van der Waals surface area contributed by atoms with Crippen LogP contribution in [0.15, 0.2) is 5.38 Å². The third kappa shape index (κ3) is 5.28. The van der Waals surface area contributed by atoms with Gasteiger partial charge < -0.3 is 10.4 Å².